The van der Waals surface area contributed by atoms with Gasteiger partial charge in [-0.05, 0) is 44.0 Å². The Morgan fingerprint density at radius 3 is 2.35 bits per heavy atom. The van der Waals surface area contributed by atoms with Gasteiger partial charge in [-0.3, -0.25) is 19.1 Å². The molecule has 0 saturated carbocycles. The summed E-state index contributed by atoms with van der Waals surface area (Å²) >= 11 is 6.49. The average Bonchev–Trinajstić information content (AvgIpc) is 3.68. The van der Waals surface area contributed by atoms with Gasteiger partial charge >= 0.3 is 0 Å². The molecule has 1 aliphatic heterocycles. The summed E-state index contributed by atoms with van der Waals surface area (Å²) in [5.41, 5.74) is 1.71. The monoisotopic (exact) mass is 741 g/mol. The Hall–Kier alpha value is -4.70. The van der Waals surface area contributed by atoms with Gasteiger partial charge in [0.25, 0.3) is 11.8 Å². The minimum atomic E-state index is -1.11. The largest absolute Gasteiger partial charge is 0.396 e. The Balaban J connectivity index is 1.21. The van der Waals surface area contributed by atoms with Crippen LogP contribution in [0.5, 0.6) is 0 Å². The number of nitrogens with one attached hydrogen (secondary N) is 2. The Kier molecular flexibility index (Phi) is 12.4. The van der Waals surface area contributed by atoms with Crippen molar-refractivity contribution in [3.63, 3.8) is 0 Å². The molecule has 3 heterocycles. The molecule has 0 unspecified atom stereocenters. The smallest absolute Gasteiger partial charge is 0.291 e. The lowest BCUT2D eigenvalue weighted by molar-refractivity contribution is -0.861. The van der Waals surface area contributed by atoms with Crippen molar-refractivity contribution in [3.8, 4) is 22.4 Å². The van der Waals surface area contributed by atoms with Crippen LogP contribution in [0.25, 0.3) is 22.4 Å². The van der Waals surface area contributed by atoms with Gasteiger partial charge < -0.3 is 34.8 Å². The van der Waals surface area contributed by atoms with Crippen molar-refractivity contribution >= 4 is 35.0 Å². The highest BCUT2D eigenvalue weighted by molar-refractivity contribution is 6.34. The molecule has 5 rings (SSSR count). The number of nitrogens with zero attached hydrogens (tertiary/aromatic N) is 6. The number of aromatic nitrogens is 4. The number of aliphatic hydroxyl groups excluding tert-OH is 2. The maximum atomic E-state index is 15.5. The quantitative estimate of drug-likeness (QED) is 0.165. The van der Waals surface area contributed by atoms with E-state index in [9.17, 15) is 19.5 Å². The molecule has 0 bridgehead atoms. The number of hydrogen-bond donors (Lipinski definition) is 4. The standard InChI is InChI=1S/C36H43ClF2N8O5/c1-22-28(19-41-47(22)12-5-17-48)25-9-10-27(33(39)32(25)38)30-20-40-34(44(30)4)35(51)42-23-6-8-26(29(37)18-23)36(52)46-15-13-45(14-16-46)31(50)11-7-24(49)21-43(2)3/h6,8-10,18-20,24,48-49H,5,7,11-17,21H2,1-4H3,(H,42,51)/p+1/t24-/m1/s1. The van der Waals surface area contributed by atoms with E-state index in [0.717, 1.165) is 4.90 Å². The lowest BCUT2D eigenvalue weighted by Crippen LogP contribution is -3.07. The summed E-state index contributed by atoms with van der Waals surface area (Å²) in [6.07, 6.45) is 3.29. The third kappa shape index (κ3) is 8.49. The maximum Gasteiger partial charge on any atom is 0.291 e. The first kappa shape index (κ1) is 38.5. The lowest BCUT2D eigenvalue weighted by atomic mass is 10.0. The number of anilines is 1. The molecule has 52 heavy (non-hydrogen) atoms. The Morgan fingerprint density at radius 1 is 1.00 bits per heavy atom. The van der Waals surface area contributed by atoms with Gasteiger partial charge in [0.1, 0.15) is 12.6 Å². The van der Waals surface area contributed by atoms with Crippen molar-refractivity contribution in [1.29, 1.82) is 0 Å². The maximum absolute atomic E-state index is 15.5. The number of amides is 3. The predicted octanol–water partition coefficient (Wildman–Crippen LogP) is 2.40. The number of piperazine rings is 1. The summed E-state index contributed by atoms with van der Waals surface area (Å²) in [4.78, 5) is 47.7. The second kappa shape index (κ2) is 16.8. The summed E-state index contributed by atoms with van der Waals surface area (Å²) in [6.45, 7) is 4.12. The molecule has 1 fully saturated rings. The fraction of sp³-hybridized carbons (Fsp3) is 0.417. The van der Waals surface area contributed by atoms with E-state index in [-0.39, 0.29) is 58.1 Å². The van der Waals surface area contributed by atoms with E-state index in [2.05, 4.69) is 15.4 Å². The lowest BCUT2D eigenvalue weighted by Gasteiger charge is -2.35. The first-order valence-corrected chi connectivity index (χ1v) is 17.5. The molecule has 2 aromatic carbocycles. The highest BCUT2D eigenvalue weighted by Crippen LogP contribution is 2.33. The molecule has 1 saturated heterocycles. The number of carbonyl (C=O) groups is 3. The van der Waals surface area contributed by atoms with Gasteiger partial charge in [-0.1, -0.05) is 17.7 Å². The number of benzene rings is 2. The van der Waals surface area contributed by atoms with Crippen LogP contribution in [0.3, 0.4) is 0 Å². The average molecular weight is 742 g/mol. The van der Waals surface area contributed by atoms with Crippen molar-refractivity contribution in [1.82, 2.24) is 29.1 Å². The van der Waals surface area contributed by atoms with E-state index in [1.54, 1.807) is 21.4 Å². The minimum Gasteiger partial charge on any atom is -0.396 e. The number of quaternary nitrogens is 1. The van der Waals surface area contributed by atoms with Gasteiger partial charge in [0.05, 0.1) is 42.8 Å². The first-order chi connectivity index (χ1) is 24.8. The van der Waals surface area contributed by atoms with Crippen LogP contribution >= 0.6 is 11.6 Å². The number of aryl methyl sites for hydroxylation is 1. The van der Waals surface area contributed by atoms with Gasteiger partial charge in [0.2, 0.25) is 5.91 Å². The summed E-state index contributed by atoms with van der Waals surface area (Å²) in [7, 11) is 5.39. The van der Waals surface area contributed by atoms with Crippen molar-refractivity contribution in [3.05, 3.63) is 76.5 Å². The zero-order chi connectivity index (χ0) is 37.7. The zero-order valence-corrected chi connectivity index (χ0v) is 30.4. The summed E-state index contributed by atoms with van der Waals surface area (Å²) in [6, 6.07) is 7.35. The molecule has 1 aliphatic rings. The number of hydrogen-bond acceptors (Lipinski definition) is 7. The molecular weight excluding hydrogens is 698 g/mol. The first-order valence-electron chi connectivity index (χ1n) is 17.1. The minimum absolute atomic E-state index is 0.0187. The van der Waals surface area contributed by atoms with Crippen LogP contribution < -0.4 is 10.2 Å². The van der Waals surface area contributed by atoms with E-state index in [1.807, 2.05) is 14.1 Å². The molecule has 1 atom stereocenters. The second-order valence-electron chi connectivity index (χ2n) is 13.2. The van der Waals surface area contributed by atoms with Crippen LogP contribution in [0.2, 0.25) is 5.02 Å². The molecule has 0 aliphatic carbocycles. The molecule has 4 aromatic rings. The van der Waals surface area contributed by atoms with Crippen LogP contribution in [0.4, 0.5) is 14.5 Å². The number of likely N-dealkylation sites (N-methyl/N-ethyl adjacent to an activating group) is 1. The van der Waals surface area contributed by atoms with Gasteiger partial charge in [-0.25, -0.2) is 13.8 Å². The van der Waals surface area contributed by atoms with Crippen molar-refractivity contribution in [2.75, 3.05) is 58.7 Å². The molecule has 13 nitrogen and oxygen atoms in total. The van der Waals surface area contributed by atoms with Gasteiger partial charge in [-0.2, -0.15) is 5.10 Å². The summed E-state index contributed by atoms with van der Waals surface area (Å²) < 4.78 is 33.9. The molecule has 0 radical (unpaired) electrons. The molecule has 278 valence electrons. The van der Waals surface area contributed by atoms with Crippen LogP contribution in [-0.2, 0) is 18.4 Å². The van der Waals surface area contributed by atoms with Crippen LogP contribution in [0, 0.1) is 18.6 Å². The number of carbonyl (C=O) groups excluding carboxylic acids is 3. The Morgan fingerprint density at radius 2 is 1.67 bits per heavy atom. The molecule has 4 N–H and O–H groups in total. The molecular formula is C36H44ClF2N8O5+. The normalized spacial score (nSPS) is 13.9. The summed E-state index contributed by atoms with van der Waals surface area (Å²) in [5.74, 6) is -3.24. The highest BCUT2D eigenvalue weighted by atomic mass is 35.5. The fourth-order valence-electron chi connectivity index (χ4n) is 6.29. The Labute approximate surface area is 305 Å². The zero-order valence-electron chi connectivity index (χ0n) is 29.6. The van der Waals surface area contributed by atoms with E-state index in [4.69, 9.17) is 16.7 Å². The van der Waals surface area contributed by atoms with Crippen LogP contribution in [-0.4, -0.2) is 117 Å². The SMILES string of the molecule is Cc1c(-c2ccc(-c3cnc(C(=O)Nc4ccc(C(=O)N5CCN(C(=O)CC[C@@H](O)C[NH+](C)C)CC5)c(Cl)c4)n3C)c(F)c2F)cnn1CCCO. The third-order valence-corrected chi connectivity index (χ3v) is 9.50. The Bertz CT molecular complexity index is 1940. The highest BCUT2D eigenvalue weighted by Gasteiger charge is 2.27. The van der Waals surface area contributed by atoms with Gasteiger partial charge in [0, 0.05) is 80.9 Å². The van der Waals surface area contributed by atoms with Gasteiger partial charge in [-0.15, -0.1) is 0 Å². The van der Waals surface area contributed by atoms with E-state index < -0.39 is 23.6 Å². The number of halogens is 3. The van der Waals surface area contributed by atoms with E-state index in [0.29, 0.717) is 69.1 Å². The molecule has 16 heteroatoms. The number of aliphatic hydroxyl groups is 2. The second-order valence-corrected chi connectivity index (χ2v) is 13.6. The topological polar surface area (TPSA) is 150 Å². The van der Waals surface area contributed by atoms with Crippen LogP contribution in [0.15, 0.2) is 42.7 Å². The van der Waals surface area contributed by atoms with Crippen molar-refractivity contribution in [2.24, 2.45) is 7.05 Å². The summed E-state index contributed by atoms with van der Waals surface area (Å²) in [5, 5.41) is 26.2. The predicted molar refractivity (Wildman–Crippen MR) is 191 cm³/mol. The van der Waals surface area contributed by atoms with Crippen molar-refractivity contribution < 1.29 is 38.3 Å². The van der Waals surface area contributed by atoms with E-state index >= 15 is 8.78 Å². The van der Waals surface area contributed by atoms with E-state index in [1.165, 1.54) is 54.3 Å². The van der Waals surface area contributed by atoms with Crippen LogP contribution in [0.1, 0.15) is 45.9 Å². The van der Waals surface area contributed by atoms with Gasteiger partial charge in [0.15, 0.2) is 17.5 Å². The fourth-order valence-corrected chi connectivity index (χ4v) is 6.55. The van der Waals surface area contributed by atoms with Crippen molar-refractivity contribution in [2.45, 2.75) is 38.8 Å². The molecule has 2 aromatic heterocycles. The molecule has 3 amide bonds. The third-order valence-electron chi connectivity index (χ3n) is 9.18. The number of rotatable bonds is 13. The molecule has 0 spiro atoms. The number of imidazole rings is 1.